The molecule has 0 saturated carbocycles. The monoisotopic (exact) mass is 407 g/mol. The summed E-state index contributed by atoms with van der Waals surface area (Å²) in [6.45, 7) is 0.575. The molecule has 0 saturated heterocycles. The number of hydrogen-bond acceptors (Lipinski definition) is 3. The number of para-hydroxylation sites is 1. The molecule has 0 spiro atoms. The van der Waals surface area contributed by atoms with Crippen LogP contribution in [0.1, 0.15) is 10.4 Å². The van der Waals surface area contributed by atoms with Crippen molar-refractivity contribution in [1.29, 1.82) is 0 Å². The fraction of sp³-hybridized carbons (Fsp3) is 0.0909. The van der Waals surface area contributed by atoms with Gasteiger partial charge < -0.3 is 10.3 Å². The fourth-order valence-electron chi connectivity index (χ4n) is 3.01. The van der Waals surface area contributed by atoms with Gasteiger partial charge in [-0.05, 0) is 35.9 Å². The maximum absolute atomic E-state index is 12.2. The van der Waals surface area contributed by atoms with Crippen molar-refractivity contribution in [2.75, 3.05) is 12.3 Å². The van der Waals surface area contributed by atoms with Crippen LogP contribution in [0.4, 0.5) is 0 Å². The number of thioether (sulfide) groups is 1. The summed E-state index contributed by atoms with van der Waals surface area (Å²) in [5.41, 5.74) is 3.87. The maximum Gasteiger partial charge on any atom is 0.251 e. The minimum Gasteiger partial charge on any atom is -0.354 e. The zero-order valence-corrected chi connectivity index (χ0v) is 16.6. The van der Waals surface area contributed by atoms with Crippen LogP contribution < -0.4 is 5.32 Å². The first-order valence-electron chi connectivity index (χ1n) is 8.90. The highest BCUT2D eigenvalue weighted by Gasteiger charge is 2.14. The predicted octanol–water partition coefficient (Wildman–Crippen LogP) is 5.41. The van der Waals surface area contributed by atoms with E-state index in [0.29, 0.717) is 17.1 Å². The number of benzene rings is 2. The lowest BCUT2D eigenvalue weighted by Gasteiger charge is -2.07. The third kappa shape index (κ3) is 4.06. The Balaban J connectivity index is 1.50. The first kappa shape index (κ1) is 18.6. The molecule has 2 heterocycles. The van der Waals surface area contributed by atoms with Crippen molar-refractivity contribution >= 4 is 40.2 Å². The summed E-state index contributed by atoms with van der Waals surface area (Å²) in [6, 6.07) is 19.5. The molecule has 6 heteroatoms. The third-order valence-corrected chi connectivity index (χ3v) is 5.74. The summed E-state index contributed by atoms with van der Waals surface area (Å²) >= 11 is 7.77. The second-order valence-electron chi connectivity index (χ2n) is 6.22. The lowest BCUT2D eigenvalue weighted by molar-refractivity contribution is 0.0956. The van der Waals surface area contributed by atoms with Gasteiger partial charge in [0.15, 0.2) is 0 Å². The molecule has 0 unspecified atom stereocenters. The minimum atomic E-state index is -0.0835. The Labute approximate surface area is 172 Å². The summed E-state index contributed by atoms with van der Waals surface area (Å²) in [4.78, 5) is 20.8. The van der Waals surface area contributed by atoms with Crippen LogP contribution in [0.3, 0.4) is 0 Å². The summed E-state index contributed by atoms with van der Waals surface area (Å²) in [7, 11) is 0. The Hall–Kier alpha value is -2.76. The average molecular weight is 408 g/mol. The number of carbonyl (C=O) groups excluding carboxylic acids is 1. The van der Waals surface area contributed by atoms with E-state index in [1.54, 1.807) is 36.3 Å². The van der Waals surface area contributed by atoms with E-state index in [9.17, 15) is 4.79 Å². The van der Waals surface area contributed by atoms with Gasteiger partial charge in [0.1, 0.15) is 0 Å². The molecule has 2 N–H and O–H groups in total. The highest BCUT2D eigenvalue weighted by atomic mass is 35.5. The van der Waals surface area contributed by atoms with Gasteiger partial charge in [0, 0.05) is 51.1 Å². The van der Waals surface area contributed by atoms with Gasteiger partial charge in [-0.2, -0.15) is 0 Å². The van der Waals surface area contributed by atoms with Crippen molar-refractivity contribution in [2.24, 2.45) is 0 Å². The smallest absolute Gasteiger partial charge is 0.251 e. The zero-order valence-electron chi connectivity index (χ0n) is 15.0. The molecule has 2 aromatic heterocycles. The summed E-state index contributed by atoms with van der Waals surface area (Å²) in [6.07, 6.45) is 3.24. The maximum atomic E-state index is 12.2. The predicted molar refractivity (Wildman–Crippen MR) is 116 cm³/mol. The molecule has 0 radical (unpaired) electrons. The van der Waals surface area contributed by atoms with Crippen molar-refractivity contribution < 1.29 is 4.79 Å². The molecule has 0 aliphatic heterocycles. The number of pyridine rings is 1. The molecule has 1 amide bonds. The largest absolute Gasteiger partial charge is 0.354 e. The molecule has 4 rings (SSSR count). The topological polar surface area (TPSA) is 57.8 Å². The molecular weight excluding hydrogens is 390 g/mol. The number of H-pyrrole nitrogens is 1. The van der Waals surface area contributed by atoms with Gasteiger partial charge in [0.05, 0.1) is 5.69 Å². The Morgan fingerprint density at radius 1 is 1.04 bits per heavy atom. The van der Waals surface area contributed by atoms with Gasteiger partial charge >= 0.3 is 0 Å². The Morgan fingerprint density at radius 2 is 1.79 bits per heavy atom. The number of halogens is 1. The highest BCUT2D eigenvalue weighted by Crippen LogP contribution is 2.37. The SMILES string of the molecule is O=C(NCCSc1c(-c2ccc(Cl)cc2)[nH]c2ccccc12)c1ccncc1. The van der Waals surface area contributed by atoms with Gasteiger partial charge in [0.25, 0.3) is 5.91 Å². The second-order valence-corrected chi connectivity index (χ2v) is 7.76. The van der Waals surface area contributed by atoms with E-state index in [1.807, 2.05) is 36.4 Å². The molecule has 28 heavy (non-hydrogen) atoms. The number of fused-ring (bicyclic) bond motifs is 1. The Bertz CT molecular complexity index is 1090. The standard InChI is InChI=1S/C22H18ClN3OS/c23-17-7-5-15(6-8-17)20-21(18-3-1-2-4-19(18)26-20)28-14-13-25-22(27)16-9-11-24-12-10-16/h1-12,26H,13-14H2,(H,25,27). The molecule has 0 atom stereocenters. The van der Waals surface area contributed by atoms with Crippen molar-refractivity contribution in [3.63, 3.8) is 0 Å². The van der Waals surface area contributed by atoms with Gasteiger partial charge in [-0.25, -0.2) is 0 Å². The van der Waals surface area contributed by atoms with Crippen molar-refractivity contribution in [1.82, 2.24) is 15.3 Å². The van der Waals surface area contributed by atoms with Crippen LogP contribution in [-0.4, -0.2) is 28.2 Å². The van der Waals surface area contributed by atoms with Crippen LogP contribution in [0.5, 0.6) is 0 Å². The first-order chi connectivity index (χ1) is 13.7. The van der Waals surface area contributed by atoms with Crippen molar-refractivity contribution in [2.45, 2.75) is 4.90 Å². The van der Waals surface area contributed by atoms with Crippen LogP contribution in [0.25, 0.3) is 22.2 Å². The molecule has 0 aliphatic rings. The molecule has 2 aromatic carbocycles. The lowest BCUT2D eigenvalue weighted by Crippen LogP contribution is -2.25. The number of aromatic amines is 1. The van der Waals surface area contributed by atoms with Gasteiger partial charge in [0.2, 0.25) is 0 Å². The molecule has 140 valence electrons. The number of nitrogens with zero attached hydrogens (tertiary/aromatic N) is 1. The number of amides is 1. The number of hydrogen-bond donors (Lipinski definition) is 2. The lowest BCUT2D eigenvalue weighted by atomic mass is 10.1. The highest BCUT2D eigenvalue weighted by molar-refractivity contribution is 7.99. The van der Waals surface area contributed by atoms with Crippen molar-refractivity contribution in [3.05, 3.63) is 83.6 Å². The quantitative estimate of drug-likeness (QED) is 0.332. The first-order valence-corrected chi connectivity index (χ1v) is 10.3. The molecule has 0 fully saturated rings. The molecule has 4 aromatic rings. The second kappa shape index (κ2) is 8.50. The summed E-state index contributed by atoms with van der Waals surface area (Å²) < 4.78 is 0. The molecule has 4 nitrogen and oxygen atoms in total. The van der Waals surface area contributed by atoms with E-state index in [0.717, 1.165) is 22.5 Å². The van der Waals surface area contributed by atoms with Crippen LogP contribution in [-0.2, 0) is 0 Å². The molecule has 0 bridgehead atoms. The van der Waals surface area contributed by atoms with E-state index < -0.39 is 0 Å². The van der Waals surface area contributed by atoms with Crippen LogP contribution in [0.15, 0.2) is 78.0 Å². The summed E-state index contributed by atoms with van der Waals surface area (Å²) in [5.74, 6) is 0.680. The number of nitrogens with one attached hydrogen (secondary N) is 2. The summed E-state index contributed by atoms with van der Waals surface area (Å²) in [5, 5.41) is 4.86. The van der Waals surface area contributed by atoms with Gasteiger partial charge in [-0.1, -0.05) is 41.9 Å². The molecular formula is C22H18ClN3OS. The van der Waals surface area contributed by atoms with E-state index in [2.05, 4.69) is 27.4 Å². The van der Waals surface area contributed by atoms with E-state index in [4.69, 9.17) is 11.6 Å². The fourth-order valence-corrected chi connectivity index (χ4v) is 4.19. The normalized spacial score (nSPS) is 10.9. The Kier molecular flexibility index (Phi) is 5.65. The number of aromatic nitrogens is 2. The van der Waals surface area contributed by atoms with Gasteiger partial charge in [-0.3, -0.25) is 9.78 Å². The third-order valence-electron chi connectivity index (χ3n) is 4.37. The van der Waals surface area contributed by atoms with Crippen LogP contribution in [0.2, 0.25) is 5.02 Å². The zero-order chi connectivity index (χ0) is 19.3. The van der Waals surface area contributed by atoms with Crippen LogP contribution in [0, 0.1) is 0 Å². The minimum absolute atomic E-state index is 0.0835. The van der Waals surface area contributed by atoms with E-state index in [-0.39, 0.29) is 5.91 Å². The van der Waals surface area contributed by atoms with E-state index >= 15 is 0 Å². The van der Waals surface area contributed by atoms with Crippen LogP contribution >= 0.6 is 23.4 Å². The number of rotatable bonds is 6. The number of carbonyl (C=O) groups is 1. The average Bonchev–Trinajstić information content (AvgIpc) is 3.11. The van der Waals surface area contributed by atoms with Gasteiger partial charge in [-0.15, -0.1) is 11.8 Å². The van der Waals surface area contributed by atoms with Crippen molar-refractivity contribution in [3.8, 4) is 11.3 Å². The van der Waals surface area contributed by atoms with E-state index in [1.165, 1.54) is 10.3 Å². The Morgan fingerprint density at radius 3 is 2.57 bits per heavy atom. The molecule has 0 aliphatic carbocycles.